The molecule has 1 saturated carbocycles. The molecule has 0 aromatic rings. The Morgan fingerprint density at radius 2 is 0.986 bits per heavy atom. The molecule has 17 nitrogen and oxygen atoms in total. The highest BCUT2D eigenvalue weighted by molar-refractivity contribution is 7.47. The van der Waals surface area contributed by atoms with Crippen molar-refractivity contribution in [2.75, 3.05) is 13.2 Å². The number of carbonyl (C=O) groups excluding carboxylic acids is 2. The Morgan fingerprint density at radius 1 is 0.521 bits per heavy atom. The van der Waals surface area contributed by atoms with Crippen LogP contribution >= 0.6 is 15.6 Å². The monoisotopic (exact) mass is 1050 g/mol. The van der Waals surface area contributed by atoms with Crippen LogP contribution in [0, 0.1) is 0 Å². The minimum Gasteiger partial charge on any atom is -0.462 e. The summed E-state index contributed by atoms with van der Waals surface area (Å²) in [5.74, 6) is -1.42. The highest BCUT2D eigenvalue weighted by Crippen LogP contribution is 2.49. The second-order valence-electron chi connectivity index (χ2n) is 18.1. The zero-order chi connectivity index (χ0) is 52.6. The van der Waals surface area contributed by atoms with Gasteiger partial charge in [0.25, 0.3) is 0 Å². The second kappa shape index (κ2) is 41.7. The van der Waals surface area contributed by atoms with E-state index >= 15 is 0 Å². The lowest BCUT2D eigenvalue weighted by Crippen LogP contribution is -2.64. The summed E-state index contributed by atoms with van der Waals surface area (Å²) in [6.45, 7) is 2.93. The molecular formula is C52H90O17P2. The van der Waals surface area contributed by atoms with Crippen molar-refractivity contribution in [3.63, 3.8) is 0 Å². The molecule has 71 heavy (non-hydrogen) atoms. The summed E-state index contributed by atoms with van der Waals surface area (Å²) in [6.07, 6.45) is 32.9. The number of hydrogen-bond donors (Lipinski definition) is 8. The first-order chi connectivity index (χ1) is 34.0. The summed E-state index contributed by atoms with van der Waals surface area (Å²) in [6, 6.07) is 0. The molecule has 9 atom stereocenters. The first-order valence-electron chi connectivity index (χ1n) is 26.1. The van der Waals surface area contributed by atoms with Gasteiger partial charge in [0.2, 0.25) is 0 Å². The van der Waals surface area contributed by atoms with E-state index in [1.165, 1.54) is 64.2 Å². The van der Waals surface area contributed by atoms with Crippen LogP contribution in [-0.4, -0.2) is 114 Å². The van der Waals surface area contributed by atoms with E-state index in [2.05, 4.69) is 67.0 Å². The largest absolute Gasteiger partial charge is 0.472 e. The quantitative estimate of drug-likeness (QED) is 0.00927. The average molecular weight is 1050 g/mol. The number of esters is 2. The molecule has 0 amide bonds. The van der Waals surface area contributed by atoms with E-state index < -0.39 is 89.6 Å². The van der Waals surface area contributed by atoms with E-state index in [0.717, 1.165) is 70.6 Å². The van der Waals surface area contributed by atoms with Crippen molar-refractivity contribution >= 4 is 27.6 Å². The zero-order valence-electron chi connectivity index (χ0n) is 42.5. The highest BCUT2D eigenvalue weighted by atomic mass is 31.2. The van der Waals surface area contributed by atoms with Gasteiger partial charge in [-0.15, -0.1) is 0 Å². The predicted molar refractivity (Wildman–Crippen MR) is 275 cm³/mol. The molecule has 1 fully saturated rings. The molecule has 1 aliphatic carbocycles. The fraction of sp³-hybridized carbons (Fsp3) is 0.731. The molecular weight excluding hydrogens is 959 g/mol. The fourth-order valence-corrected chi connectivity index (χ4v) is 9.05. The lowest BCUT2D eigenvalue weighted by molar-refractivity contribution is -0.216. The third-order valence-electron chi connectivity index (χ3n) is 11.6. The molecule has 0 aromatic heterocycles. The van der Waals surface area contributed by atoms with E-state index in [0.29, 0.717) is 6.42 Å². The minimum atomic E-state index is -5.39. The van der Waals surface area contributed by atoms with Crippen LogP contribution in [0.1, 0.15) is 181 Å². The first kappa shape index (κ1) is 66.4. The van der Waals surface area contributed by atoms with Crippen LogP contribution in [0.5, 0.6) is 0 Å². The van der Waals surface area contributed by atoms with Gasteiger partial charge in [-0.05, 0) is 77.0 Å². The minimum absolute atomic E-state index is 0.0637. The lowest BCUT2D eigenvalue weighted by Gasteiger charge is -2.43. The van der Waals surface area contributed by atoms with Crippen LogP contribution in [0.2, 0.25) is 0 Å². The Bertz CT molecular complexity index is 1660. The molecule has 6 unspecified atom stereocenters. The number of phosphoric ester groups is 2. The molecule has 1 rings (SSSR count). The topological polar surface area (TPSA) is 276 Å². The Kier molecular flexibility index (Phi) is 39.0. The Labute approximate surface area is 424 Å². The van der Waals surface area contributed by atoms with Crippen LogP contribution in [0.15, 0.2) is 72.9 Å². The predicted octanol–water partition coefficient (Wildman–Crippen LogP) is 9.76. The van der Waals surface area contributed by atoms with E-state index in [1.807, 2.05) is 12.2 Å². The van der Waals surface area contributed by atoms with Crippen molar-refractivity contribution in [2.45, 2.75) is 230 Å². The molecule has 0 spiro atoms. The maximum absolute atomic E-state index is 13.0. The summed E-state index contributed by atoms with van der Waals surface area (Å²) in [4.78, 5) is 54.4. The number of ether oxygens (including phenoxy) is 2. The summed E-state index contributed by atoms with van der Waals surface area (Å²) in [5, 5.41) is 51.7. The summed E-state index contributed by atoms with van der Waals surface area (Å²) in [7, 11) is -10.8. The number of hydrogen-bond acceptors (Lipinski definition) is 14. The van der Waals surface area contributed by atoms with E-state index in [9.17, 15) is 58.9 Å². The van der Waals surface area contributed by atoms with Crippen LogP contribution < -0.4 is 0 Å². The average Bonchev–Trinajstić information content (AvgIpc) is 3.32. The summed E-state index contributed by atoms with van der Waals surface area (Å²) < 4.78 is 49.3. The molecule has 0 saturated heterocycles. The smallest absolute Gasteiger partial charge is 0.462 e. The maximum Gasteiger partial charge on any atom is 0.472 e. The molecule has 8 N–H and O–H groups in total. The molecule has 0 heterocycles. The Morgan fingerprint density at radius 3 is 1.54 bits per heavy atom. The van der Waals surface area contributed by atoms with Crippen molar-refractivity contribution in [1.29, 1.82) is 0 Å². The molecule has 0 aliphatic heterocycles. The van der Waals surface area contributed by atoms with Crippen molar-refractivity contribution in [2.24, 2.45) is 0 Å². The van der Waals surface area contributed by atoms with Gasteiger partial charge in [-0.25, -0.2) is 9.13 Å². The van der Waals surface area contributed by atoms with Gasteiger partial charge in [0.05, 0.1) is 12.7 Å². The van der Waals surface area contributed by atoms with Crippen LogP contribution in [-0.2, 0) is 41.8 Å². The summed E-state index contributed by atoms with van der Waals surface area (Å²) in [5.41, 5.74) is 0. The molecule has 1 aliphatic rings. The normalized spacial score (nSPS) is 21.9. The van der Waals surface area contributed by atoms with Gasteiger partial charge in [-0.3, -0.25) is 23.2 Å². The zero-order valence-corrected chi connectivity index (χ0v) is 44.3. The van der Waals surface area contributed by atoms with Gasteiger partial charge in [0.15, 0.2) is 6.10 Å². The van der Waals surface area contributed by atoms with Gasteiger partial charge in [-0.1, -0.05) is 164 Å². The molecule has 0 bridgehead atoms. The summed E-state index contributed by atoms with van der Waals surface area (Å²) >= 11 is 0. The van der Waals surface area contributed by atoms with E-state index in [-0.39, 0.29) is 25.7 Å². The SMILES string of the molecule is CCCCCC/C=C\C/C=C\C/C=C\CCCCCCCCC(=O)OC[C@H](COP(=O)(O)O[C@H]1C(O)C(O)C(O)[C@@H](OP(=O)(O)O)C1O)OC(=O)CCCC(O)/C=C/C=C/C/C=C/CCCCCCCC. The molecule has 0 radical (unpaired) electrons. The van der Waals surface area contributed by atoms with Crippen molar-refractivity contribution < 1.29 is 82.0 Å². The fourth-order valence-electron chi connectivity index (χ4n) is 7.51. The number of aliphatic hydroxyl groups excluding tert-OH is 5. The van der Waals surface area contributed by atoms with Crippen molar-refractivity contribution in [3.05, 3.63) is 72.9 Å². The lowest BCUT2D eigenvalue weighted by atomic mass is 9.85. The van der Waals surface area contributed by atoms with Crippen LogP contribution in [0.25, 0.3) is 0 Å². The molecule has 19 heteroatoms. The number of allylic oxidation sites excluding steroid dienone is 11. The Balaban J connectivity index is 2.63. The van der Waals surface area contributed by atoms with Crippen LogP contribution in [0.4, 0.5) is 0 Å². The van der Waals surface area contributed by atoms with Crippen molar-refractivity contribution in [3.8, 4) is 0 Å². The van der Waals surface area contributed by atoms with Gasteiger partial charge >= 0.3 is 27.6 Å². The van der Waals surface area contributed by atoms with Crippen molar-refractivity contribution in [1.82, 2.24) is 0 Å². The molecule has 0 aromatic carbocycles. The first-order valence-corrected chi connectivity index (χ1v) is 29.1. The number of rotatable bonds is 43. The second-order valence-corrected chi connectivity index (χ2v) is 20.7. The van der Waals surface area contributed by atoms with E-state index in [1.54, 1.807) is 12.2 Å². The standard InChI is InChI=1S/C52H90O17P2/c1-3-5-7-9-11-13-15-17-18-19-20-21-22-23-25-27-29-31-33-35-39-45(54)65-41-44(42-66-71(63,64)69-52-49(58)47(56)48(57)51(50(52)59)68-70(60,61)62)67-46(55)40-36-38-43(53)37-34-32-30-28-26-24-16-14-12-10-8-6-4-2/h13,15,18-19,21-22,24,26,30,32,34,37,43-44,47-53,56-59H,3-12,14,16-17,20,23,25,27-29,31,33,35-36,38-42H2,1-2H3,(H,63,64)(H2,60,61,62)/b15-13-,19-18-,22-21-,26-24+,32-30+,37-34+/t43?,44-,47?,48?,49?,50?,51-,52+/m1/s1. The number of carbonyl (C=O) groups is 2. The highest BCUT2D eigenvalue weighted by Gasteiger charge is 2.54. The van der Waals surface area contributed by atoms with Crippen LogP contribution in [0.3, 0.4) is 0 Å². The van der Waals surface area contributed by atoms with Gasteiger partial charge in [-0.2, -0.15) is 0 Å². The van der Waals surface area contributed by atoms with Gasteiger partial charge < -0.3 is 49.7 Å². The number of unbranched alkanes of at least 4 members (excludes halogenated alkanes) is 16. The van der Waals surface area contributed by atoms with Gasteiger partial charge in [0, 0.05) is 12.8 Å². The number of phosphoric acid groups is 2. The van der Waals surface area contributed by atoms with Gasteiger partial charge in [0.1, 0.15) is 43.2 Å². The number of aliphatic hydroxyl groups is 5. The molecule has 410 valence electrons. The third-order valence-corrected chi connectivity index (χ3v) is 13.1. The third kappa shape index (κ3) is 36.1. The Hall–Kier alpha value is -2.60. The van der Waals surface area contributed by atoms with E-state index in [4.69, 9.17) is 18.5 Å². The maximum atomic E-state index is 13.0.